The zero-order chi connectivity index (χ0) is 14.2. The third-order valence-electron chi connectivity index (χ3n) is 3.46. The van der Waals surface area contributed by atoms with E-state index in [1.54, 1.807) is 19.1 Å². The SMILES string of the molecule is Cc1ccc(C)c(S(=O)(=O)N2CCC[C@H]2C(N)=O)c1. The average molecular weight is 282 g/mol. The van der Waals surface area contributed by atoms with E-state index in [4.69, 9.17) is 5.73 Å². The van der Waals surface area contributed by atoms with Gasteiger partial charge in [-0.1, -0.05) is 12.1 Å². The molecule has 2 N–H and O–H groups in total. The second kappa shape index (κ2) is 4.94. The zero-order valence-electron chi connectivity index (χ0n) is 11.1. The zero-order valence-corrected chi connectivity index (χ0v) is 11.9. The maximum absolute atomic E-state index is 12.6. The Bertz CT molecular complexity index is 610. The van der Waals surface area contributed by atoms with Gasteiger partial charge in [0.25, 0.3) is 0 Å². The maximum atomic E-state index is 12.6. The fraction of sp³-hybridized carbons (Fsp3) is 0.462. The fourth-order valence-electron chi connectivity index (χ4n) is 2.42. The van der Waals surface area contributed by atoms with Gasteiger partial charge in [0.2, 0.25) is 15.9 Å². The predicted octanol–water partition coefficient (Wildman–Crippen LogP) is 0.942. The van der Waals surface area contributed by atoms with Crippen LogP contribution in [0.2, 0.25) is 0 Å². The Labute approximate surface area is 113 Å². The second-order valence-corrected chi connectivity index (χ2v) is 6.80. The van der Waals surface area contributed by atoms with E-state index in [0.717, 1.165) is 5.56 Å². The van der Waals surface area contributed by atoms with E-state index in [0.29, 0.717) is 24.9 Å². The summed E-state index contributed by atoms with van der Waals surface area (Å²) in [6.45, 7) is 3.94. The summed E-state index contributed by atoms with van der Waals surface area (Å²) in [6, 6.07) is 4.56. The smallest absolute Gasteiger partial charge is 0.244 e. The van der Waals surface area contributed by atoms with E-state index in [1.165, 1.54) is 4.31 Å². The number of nitrogens with two attached hydrogens (primary N) is 1. The van der Waals surface area contributed by atoms with Gasteiger partial charge in [0, 0.05) is 6.54 Å². The number of carbonyl (C=O) groups excluding carboxylic acids is 1. The van der Waals surface area contributed by atoms with Crippen molar-refractivity contribution in [1.82, 2.24) is 4.31 Å². The Morgan fingerprint density at radius 3 is 2.68 bits per heavy atom. The van der Waals surface area contributed by atoms with Crippen molar-refractivity contribution in [2.24, 2.45) is 5.73 Å². The van der Waals surface area contributed by atoms with E-state index in [9.17, 15) is 13.2 Å². The van der Waals surface area contributed by atoms with Crippen molar-refractivity contribution >= 4 is 15.9 Å². The van der Waals surface area contributed by atoms with E-state index in [-0.39, 0.29) is 4.90 Å². The Hall–Kier alpha value is -1.40. The highest BCUT2D eigenvalue weighted by atomic mass is 32.2. The predicted molar refractivity (Wildman–Crippen MR) is 72.0 cm³/mol. The molecule has 1 aromatic rings. The van der Waals surface area contributed by atoms with Crippen LogP contribution in [0.25, 0.3) is 0 Å². The highest BCUT2D eigenvalue weighted by Crippen LogP contribution is 2.28. The molecule has 2 rings (SSSR count). The lowest BCUT2D eigenvalue weighted by molar-refractivity contribution is -0.121. The molecule has 5 nitrogen and oxygen atoms in total. The number of hydrogen-bond donors (Lipinski definition) is 1. The van der Waals surface area contributed by atoms with E-state index >= 15 is 0 Å². The molecular formula is C13H18N2O3S. The number of carbonyl (C=O) groups is 1. The number of aryl methyl sites for hydroxylation is 2. The molecule has 1 aliphatic heterocycles. The van der Waals surface area contributed by atoms with Crippen LogP contribution in [0, 0.1) is 13.8 Å². The minimum Gasteiger partial charge on any atom is -0.368 e. The monoisotopic (exact) mass is 282 g/mol. The highest BCUT2D eigenvalue weighted by Gasteiger charge is 2.38. The van der Waals surface area contributed by atoms with Crippen molar-refractivity contribution in [2.75, 3.05) is 6.54 Å². The minimum absolute atomic E-state index is 0.264. The molecular weight excluding hydrogens is 264 g/mol. The maximum Gasteiger partial charge on any atom is 0.244 e. The van der Waals surface area contributed by atoms with Gasteiger partial charge < -0.3 is 5.73 Å². The number of amides is 1. The molecule has 1 saturated heterocycles. The number of rotatable bonds is 3. The van der Waals surface area contributed by atoms with Crippen LogP contribution >= 0.6 is 0 Å². The summed E-state index contributed by atoms with van der Waals surface area (Å²) in [4.78, 5) is 11.6. The first kappa shape index (κ1) is 14.0. The molecule has 0 aromatic heterocycles. The molecule has 1 heterocycles. The lowest BCUT2D eigenvalue weighted by Gasteiger charge is -2.22. The quantitative estimate of drug-likeness (QED) is 0.896. The number of hydrogen-bond acceptors (Lipinski definition) is 3. The molecule has 0 unspecified atom stereocenters. The van der Waals surface area contributed by atoms with Crippen LogP contribution in [0.4, 0.5) is 0 Å². The van der Waals surface area contributed by atoms with Gasteiger partial charge in [-0.3, -0.25) is 4.79 Å². The van der Waals surface area contributed by atoms with Crippen LogP contribution in [-0.2, 0) is 14.8 Å². The Balaban J connectivity index is 2.48. The summed E-state index contributed by atoms with van der Waals surface area (Å²) in [5, 5.41) is 0. The molecule has 0 bridgehead atoms. The van der Waals surface area contributed by atoms with Crippen molar-refractivity contribution in [3.63, 3.8) is 0 Å². The van der Waals surface area contributed by atoms with Crippen LogP contribution in [0.15, 0.2) is 23.1 Å². The lowest BCUT2D eigenvalue weighted by atomic mass is 10.2. The van der Waals surface area contributed by atoms with Gasteiger partial charge in [-0.15, -0.1) is 0 Å². The third kappa shape index (κ3) is 2.50. The van der Waals surface area contributed by atoms with Crippen LogP contribution in [0.1, 0.15) is 24.0 Å². The van der Waals surface area contributed by atoms with Gasteiger partial charge in [0.05, 0.1) is 4.90 Å². The largest absolute Gasteiger partial charge is 0.368 e. The molecule has 104 valence electrons. The summed E-state index contributed by atoms with van der Waals surface area (Å²) >= 11 is 0. The number of nitrogens with zero attached hydrogens (tertiary/aromatic N) is 1. The van der Waals surface area contributed by atoms with E-state index in [1.807, 2.05) is 13.0 Å². The molecule has 0 aliphatic carbocycles. The Morgan fingerprint density at radius 2 is 2.05 bits per heavy atom. The number of primary amides is 1. The molecule has 1 fully saturated rings. The first-order valence-corrected chi connectivity index (χ1v) is 7.66. The molecule has 0 radical (unpaired) electrons. The molecule has 1 atom stereocenters. The molecule has 1 aliphatic rings. The summed E-state index contributed by atoms with van der Waals surface area (Å²) in [7, 11) is -3.65. The summed E-state index contributed by atoms with van der Waals surface area (Å²) < 4.78 is 26.5. The number of sulfonamides is 1. The van der Waals surface area contributed by atoms with Crippen LogP contribution in [0.5, 0.6) is 0 Å². The van der Waals surface area contributed by atoms with Crippen molar-refractivity contribution in [2.45, 2.75) is 37.6 Å². The van der Waals surface area contributed by atoms with Gasteiger partial charge in [-0.25, -0.2) is 8.42 Å². The van der Waals surface area contributed by atoms with Crippen LogP contribution in [-0.4, -0.2) is 31.2 Å². The van der Waals surface area contributed by atoms with Crippen molar-refractivity contribution in [3.8, 4) is 0 Å². The van der Waals surface area contributed by atoms with Crippen molar-refractivity contribution < 1.29 is 13.2 Å². The molecule has 19 heavy (non-hydrogen) atoms. The Kier molecular flexibility index (Phi) is 3.64. The minimum atomic E-state index is -3.65. The standard InChI is InChI=1S/C13H18N2O3S/c1-9-5-6-10(2)12(8-9)19(17,18)15-7-3-4-11(15)13(14)16/h5-6,8,11H,3-4,7H2,1-2H3,(H2,14,16)/t11-/m0/s1. The Morgan fingerprint density at radius 1 is 1.37 bits per heavy atom. The molecule has 0 spiro atoms. The first-order valence-electron chi connectivity index (χ1n) is 6.22. The van der Waals surface area contributed by atoms with Crippen molar-refractivity contribution in [1.29, 1.82) is 0 Å². The third-order valence-corrected chi connectivity index (χ3v) is 5.51. The summed E-state index contributed by atoms with van der Waals surface area (Å²) in [6.07, 6.45) is 1.16. The van der Waals surface area contributed by atoms with Gasteiger partial charge in [0.1, 0.15) is 6.04 Å². The van der Waals surface area contributed by atoms with E-state index in [2.05, 4.69) is 0 Å². The molecule has 0 saturated carbocycles. The fourth-order valence-corrected chi connectivity index (χ4v) is 4.40. The first-order chi connectivity index (χ1) is 8.84. The topological polar surface area (TPSA) is 80.5 Å². The van der Waals surface area contributed by atoms with Gasteiger partial charge in [-0.05, 0) is 43.9 Å². The molecule has 1 amide bonds. The summed E-state index contributed by atoms with van der Waals surface area (Å²) in [5.74, 6) is -0.577. The van der Waals surface area contributed by atoms with Gasteiger partial charge >= 0.3 is 0 Å². The average Bonchev–Trinajstić information content (AvgIpc) is 2.82. The van der Waals surface area contributed by atoms with E-state index < -0.39 is 22.0 Å². The van der Waals surface area contributed by atoms with Crippen molar-refractivity contribution in [3.05, 3.63) is 29.3 Å². The van der Waals surface area contributed by atoms with Gasteiger partial charge in [0.15, 0.2) is 0 Å². The highest BCUT2D eigenvalue weighted by molar-refractivity contribution is 7.89. The molecule has 1 aromatic carbocycles. The molecule has 6 heteroatoms. The van der Waals surface area contributed by atoms with Gasteiger partial charge in [-0.2, -0.15) is 4.31 Å². The van der Waals surface area contributed by atoms with Crippen LogP contribution < -0.4 is 5.73 Å². The van der Waals surface area contributed by atoms with Crippen LogP contribution in [0.3, 0.4) is 0 Å². The summed E-state index contributed by atoms with van der Waals surface area (Å²) in [5.41, 5.74) is 6.84. The second-order valence-electron chi connectivity index (χ2n) is 4.95. The normalized spacial score (nSPS) is 20.6. The number of benzene rings is 1. The lowest BCUT2D eigenvalue weighted by Crippen LogP contribution is -2.43.